The Morgan fingerprint density at radius 2 is 1.29 bits per heavy atom. The van der Waals surface area contributed by atoms with Gasteiger partial charge in [-0.3, -0.25) is 4.79 Å². The third-order valence-corrected chi connectivity index (χ3v) is 4.42. The van der Waals surface area contributed by atoms with Gasteiger partial charge >= 0.3 is 0 Å². The standard InChI is InChI=1S/C20H40NO3/c1-2-3-4-5-6-7-8-9-10-11-12-13-14-15-20(24)21(16-18-22)17-19-23/h13,22-23H,2-12,14-19H2,1H3. The summed E-state index contributed by atoms with van der Waals surface area (Å²) in [5, 5.41) is 17.8. The molecular weight excluding hydrogens is 302 g/mol. The van der Waals surface area contributed by atoms with E-state index in [-0.39, 0.29) is 19.1 Å². The highest BCUT2D eigenvalue weighted by Crippen LogP contribution is 2.12. The molecule has 1 radical (unpaired) electrons. The summed E-state index contributed by atoms with van der Waals surface area (Å²) in [7, 11) is 0. The summed E-state index contributed by atoms with van der Waals surface area (Å²) in [6, 6.07) is 0. The van der Waals surface area contributed by atoms with Crippen LogP contribution in [0.4, 0.5) is 0 Å². The zero-order valence-electron chi connectivity index (χ0n) is 15.8. The third kappa shape index (κ3) is 14.9. The number of rotatable bonds is 18. The van der Waals surface area contributed by atoms with Crippen LogP contribution in [-0.4, -0.2) is 47.3 Å². The van der Waals surface area contributed by atoms with Crippen molar-refractivity contribution >= 4 is 5.91 Å². The summed E-state index contributed by atoms with van der Waals surface area (Å²) < 4.78 is 0. The van der Waals surface area contributed by atoms with Crippen LogP contribution in [-0.2, 0) is 4.79 Å². The summed E-state index contributed by atoms with van der Waals surface area (Å²) in [5.74, 6) is 0.0254. The number of nitrogens with zero attached hydrogens (tertiary/aromatic N) is 1. The van der Waals surface area contributed by atoms with E-state index < -0.39 is 0 Å². The highest BCUT2D eigenvalue weighted by molar-refractivity contribution is 5.76. The number of carbonyl (C=O) groups is 1. The molecule has 0 fully saturated rings. The van der Waals surface area contributed by atoms with Crippen molar-refractivity contribution in [3.8, 4) is 0 Å². The molecule has 4 nitrogen and oxygen atoms in total. The zero-order valence-corrected chi connectivity index (χ0v) is 15.8. The molecule has 0 spiro atoms. The number of amides is 1. The van der Waals surface area contributed by atoms with Gasteiger partial charge in [0, 0.05) is 19.5 Å². The maximum Gasteiger partial charge on any atom is 0.222 e. The minimum absolute atomic E-state index is 0.0254. The lowest BCUT2D eigenvalue weighted by atomic mass is 10.0. The van der Waals surface area contributed by atoms with Gasteiger partial charge in [0.05, 0.1) is 13.2 Å². The van der Waals surface area contributed by atoms with Crippen LogP contribution < -0.4 is 0 Å². The molecule has 0 aromatic carbocycles. The molecule has 2 N–H and O–H groups in total. The first-order chi connectivity index (χ1) is 11.8. The molecule has 0 aromatic rings. The second kappa shape index (κ2) is 18.7. The van der Waals surface area contributed by atoms with Crippen molar-refractivity contribution in [2.75, 3.05) is 26.3 Å². The molecule has 24 heavy (non-hydrogen) atoms. The van der Waals surface area contributed by atoms with Crippen LogP contribution in [0.15, 0.2) is 0 Å². The predicted molar refractivity (Wildman–Crippen MR) is 101 cm³/mol. The van der Waals surface area contributed by atoms with Crippen LogP contribution in [0, 0.1) is 6.42 Å². The minimum atomic E-state index is -0.0476. The summed E-state index contributed by atoms with van der Waals surface area (Å²) in [4.78, 5) is 13.4. The molecule has 0 aliphatic rings. The Kier molecular flexibility index (Phi) is 18.2. The Balaban J connectivity index is 3.33. The number of unbranched alkanes of at least 4 members (excludes halogenated alkanes) is 12. The lowest BCUT2D eigenvalue weighted by Crippen LogP contribution is -2.35. The average molecular weight is 343 g/mol. The van der Waals surface area contributed by atoms with E-state index in [1.165, 1.54) is 69.1 Å². The molecule has 0 aliphatic carbocycles. The van der Waals surface area contributed by atoms with Crippen LogP contribution in [0.5, 0.6) is 0 Å². The van der Waals surface area contributed by atoms with Crippen molar-refractivity contribution in [1.82, 2.24) is 4.90 Å². The van der Waals surface area contributed by atoms with Gasteiger partial charge in [0.25, 0.3) is 0 Å². The van der Waals surface area contributed by atoms with E-state index in [0.717, 1.165) is 12.8 Å². The van der Waals surface area contributed by atoms with Gasteiger partial charge < -0.3 is 15.1 Å². The molecule has 0 atom stereocenters. The quantitative estimate of drug-likeness (QED) is 0.369. The van der Waals surface area contributed by atoms with Gasteiger partial charge in [-0.05, 0) is 12.8 Å². The van der Waals surface area contributed by atoms with Gasteiger partial charge in [-0.2, -0.15) is 0 Å². The van der Waals surface area contributed by atoms with Crippen LogP contribution in [0.1, 0.15) is 90.4 Å². The van der Waals surface area contributed by atoms with Crippen molar-refractivity contribution in [2.45, 2.75) is 90.4 Å². The molecule has 0 unspecified atom stereocenters. The van der Waals surface area contributed by atoms with E-state index in [2.05, 4.69) is 13.3 Å². The molecule has 0 aromatic heterocycles. The predicted octanol–water partition coefficient (Wildman–Crippen LogP) is 4.10. The number of hydrogen-bond donors (Lipinski definition) is 2. The van der Waals surface area contributed by atoms with E-state index in [9.17, 15) is 4.79 Å². The number of carbonyl (C=O) groups excluding carboxylic acids is 1. The summed E-state index contributed by atoms with van der Waals surface area (Å²) in [6.45, 7) is 2.80. The number of hydrogen-bond acceptors (Lipinski definition) is 3. The van der Waals surface area contributed by atoms with Crippen molar-refractivity contribution in [3.63, 3.8) is 0 Å². The first kappa shape index (κ1) is 23.4. The topological polar surface area (TPSA) is 60.8 Å². The minimum Gasteiger partial charge on any atom is -0.395 e. The maximum atomic E-state index is 11.9. The molecule has 0 bridgehead atoms. The van der Waals surface area contributed by atoms with Gasteiger partial charge in [-0.15, -0.1) is 0 Å². The summed E-state index contributed by atoms with van der Waals surface area (Å²) in [6.07, 6.45) is 18.1. The van der Waals surface area contributed by atoms with Crippen LogP contribution in [0.25, 0.3) is 0 Å². The number of aliphatic hydroxyl groups excluding tert-OH is 2. The fourth-order valence-electron chi connectivity index (χ4n) is 2.91. The molecule has 1 amide bonds. The van der Waals surface area contributed by atoms with Gasteiger partial charge in [-0.1, -0.05) is 77.6 Å². The SMILES string of the molecule is CCCCCCCCCCCC[CH]CCC(=O)N(CCO)CCO. The van der Waals surface area contributed by atoms with Crippen LogP contribution in [0.3, 0.4) is 0 Å². The Morgan fingerprint density at radius 1 is 0.792 bits per heavy atom. The zero-order chi connectivity index (χ0) is 17.9. The molecule has 0 aliphatic heterocycles. The third-order valence-electron chi connectivity index (χ3n) is 4.42. The maximum absolute atomic E-state index is 11.9. The second-order valence-corrected chi connectivity index (χ2v) is 6.63. The van der Waals surface area contributed by atoms with Crippen molar-refractivity contribution in [2.24, 2.45) is 0 Å². The molecule has 0 saturated carbocycles. The van der Waals surface area contributed by atoms with E-state index in [1.807, 2.05) is 0 Å². The summed E-state index contributed by atoms with van der Waals surface area (Å²) >= 11 is 0. The molecule has 0 heterocycles. The fraction of sp³-hybridized carbons (Fsp3) is 0.900. The average Bonchev–Trinajstić information content (AvgIpc) is 2.58. The lowest BCUT2D eigenvalue weighted by molar-refractivity contribution is -0.132. The molecule has 4 heteroatoms. The Morgan fingerprint density at radius 3 is 1.79 bits per heavy atom. The van der Waals surface area contributed by atoms with E-state index in [1.54, 1.807) is 0 Å². The smallest absolute Gasteiger partial charge is 0.222 e. The number of aliphatic hydroxyl groups is 2. The van der Waals surface area contributed by atoms with Crippen LogP contribution in [0.2, 0.25) is 0 Å². The van der Waals surface area contributed by atoms with Crippen molar-refractivity contribution in [1.29, 1.82) is 0 Å². The fourth-order valence-corrected chi connectivity index (χ4v) is 2.91. The largest absolute Gasteiger partial charge is 0.395 e. The Bertz CT molecular complexity index is 266. The Labute approximate surface area is 149 Å². The second-order valence-electron chi connectivity index (χ2n) is 6.63. The summed E-state index contributed by atoms with van der Waals surface area (Å²) in [5.41, 5.74) is 0. The van der Waals surface area contributed by atoms with Crippen molar-refractivity contribution < 1.29 is 15.0 Å². The van der Waals surface area contributed by atoms with Gasteiger partial charge in [0.15, 0.2) is 0 Å². The van der Waals surface area contributed by atoms with Gasteiger partial charge in [0.1, 0.15) is 0 Å². The lowest BCUT2D eigenvalue weighted by Gasteiger charge is -2.20. The first-order valence-corrected chi connectivity index (χ1v) is 10.1. The molecule has 0 saturated heterocycles. The van der Waals surface area contributed by atoms with Crippen molar-refractivity contribution in [3.05, 3.63) is 6.42 Å². The van der Waals surface area contributed by atoms with E-state index in [4.69, 9.17) is 10.2 Å². The molecule has 0 rings (SSSR count). The first-order valence-electron chi connectivity index (χ1n) is 10.1. The molecular formula is C20H40NO3. The Hall–Kier alpha value is -0.610. The normalized spacial score (nSPS) is 11.0. The van der Waals surface area contributed by atoms with Crippen LogP contribution >= 0.6 is 0 Å². The highest BCUT2D eigenvalue weighted by Gasteiger charge is 2.11. The highest BCUT2D eigenvalue weighted by atomic mass is 16.3. The van der Waals surface area contributed by atoms with Gasteiger partial charge in [-0.25, -0.2) is 0 Å². The van der Waals surface area contributed by atoms with Gasteiger partial charge in [0.2, 0.25) is 5.91 Å². The van der Waals surface area contributed by atoms with E-state index in [0.29, 0.717) is 19.5 Å². The molecule has 143 valence electrons. The van der Waals surface area contributed by atoms with E-state index >= 15 is 0 Å². The monoisotopic (exact) mass is 342 g/mol.